The van der Waals surface area contributed by atoms with Gasteiger partial charge in [-0.05, 0) is 44.5 Å². The highest BCUT2D eigenvalue weighted by molar-refractivity contribution is 7.93. The van der Waals surface area contributed by atoms with Crippen LogP contribution in [0.25, 0.3) is 17.1 Å². The van der Waals surface area contributed by atoms with Gasteiger partial charge in [0.15, 0.2) is 11.6 Å². The van der Waals surface area contributed by atoms with Gasteiger partial charge >= 0.3 is 0 Å². The molecule has 206 valence electrons. The Kier molecular flexibility index (Phi) is 8.63. The summed E-state index contributed by atoms with van der Waals surface area (Å²) in [6.45, 7) is 5.37. The van der Waals surface area contributed by atoms with Crippen molar-refractivity contribution in [1.82, 2.24) is 29.7 Å². The largest absolute Gasteiger partial charge is 0.494 e. The number of hydrogen-bond donors (Lipinski definition) is 1. The number of benzene rings is 1. The molecule has 1 aromatic carbocycles. The lowest BCUT2D eigenvalue weighted by molar-refractivity contribution is 0.0558. The van der Waals surface area contributed by atoms with Gasteiger partial charge in [0.2, 0.25) is 16.0 Å². The number of aromatic nitrogens is 6. The SMILES string of the molecule is CCO[C@H](c1ncc(Cl)cn1)[C@H](C)S(=O)(=O)Nc1nnc(-c2cncc(C)c2)n1-c1c(OC)cccc1OC. The molecule has 4 aromatic rings. The zero-order valence-corrected chi connectivity index (χ0v) is 23.6. The number of nitrogens with zero attached hydrogens (tertiary/aromatic N) is 6. The Balaban J connectivity index is 1.84. The van der Waals surface area contributed by atoms with E-state index in [1.807, 2.05) is 13.0 Å². The van der Waals surface area contributed by atoms with E-state index >= 15 is 0 Å². The number of rotatable bonds is 11. The third-order valence-electron chi connectivity index (χ3n) is 5.81. The first-order chi connectivity index (χ1) is 18.7. The molecule has 3 heterocycles. The van der Waals surface area contributed by atoms with E-state index in [1.165, 1.54) is 38.1 Å². The molecule has 2 atom stereocenters. The fraction of sp³-hybridized carbons (Fsp3) is 0.320. The fourth-order valence-corrected chi connectivity index (χ4v) is 5.13. The van der Waals surface area contributed by atoms with Crippen LogP contribution >= 0.6 is 11.6 Å². The van der Waals surface area contributed by atoms with Gasteiger partial charge in [0.1, 0.15) is 28.5 Å². The van der Waals surface area contributed by atoms with E-state index in [2.05, 4.69) is 29.9 Å². The standard InChI is InChI=1S/C25H28ClN7O5S/c1-6-38-22(23-28-13-18(26)14-29-23)16(3)39(34,35)32-25-31-30-24(17-10-15(2)11-27-12-17)33(25)21-19(36-4)8-7-9-20(21)37-5/h7-14,16,22H,6H2,1-5H3,(H,31,32)/t16-,22-/m0/s1. The first kappa shape index (κ1) is 28.2. The average Bonchev–Trinajstić information content (AvgIpc) is 3.33. The van der Waals surface area contributed by atoms with Gasteiger partial charge in [0.05, 0.1) is 19.2 Å². The molecule has 3 aromatic heterocycles. The van der Waals surface area contributed by atoms with Crippen molar-refractivity contribution in [3.63, 3.8) is 0 Å². The van der Waals surface area contributed by atoms with Crippen LogP contribution < -0.4 is 14.2 Å². The summed E-state index contributed by atoms with van der Waals surface area (Å²) >= 11 is 5.92. The lowest BCUT2D eigenvalue weighted by atomic mass is 10.2. The second kappa shape index (κ2) is 11.9. The minimum absolute atomic E-state index is 0.0894. The number of sulfonamides is 1. The fourth-order valence-electron chi connectivity index (χ4n) is 3.93. The van der Waals surface area contributed by atoms with Crippen molar-refractivity contribution < 1.29 is 22.6 Å². The molecule has 0 saturated carbocycles. The molecule has 0 aliphatic carbocycles. The summed E-state index contributed by atoms with van der Waals surface area (Å²) in [6.07, 6.45) is 5.10. The van der Waals surface area contributed by atoms with Crippen molar-refractivity contribution in [2.24, 2.45) is 0 Å². The Morgan fingerprint density at radius 2 is 1.72 bits per heavy atom. The zero-order valence-electron chi connectivity index (χ0n) is 22.0. The van der Waals surface area contributed by atoms with Crippen molar-refractivity contribution in [1.29, 1.82) is 0 Å². The van der Waals surface area contributed by atoms with Crippen molar-refractivity contribution in [2.75, 3.05) is 25.5 Å². The second-order valence-electron chi connectivity index (χ2n) is 8.43. The number of para-hydroxylation sites is 1. The third kappa shape index (κ3) is 5.95. The summed E-state index contributed by atoms with van der Waals surface area (Å²) in [5, 5.41) is 7.70. The van der Waals surface area contributed by atoms with Gasteiger partial charge < -0.3 is 14.2 Å². The molecule has 1 N–H and O–H groups in total. The van der Waals surface area contributed by atoms with Gasteiger partial charge in [-0.2, -0.15) is 0 Å². The van der Waals surface area contributed by atoms with Crippen LogP contribution in [0, 0.1) is 6.92 Å². The number of methoxy groups -OCH3 is 2. The number of nitrogens with one attached hydrogen (secondary N) is 1. The maximum atomic E-state index is 13.7. The van der Waals surface area contributed by atoms with E-state index < -0.39 is 21.4 Å². The topological polar surface area (TPSA) is 143 Å². The summed E-state index contributed by atoms with van der Waals surface area (Å²) in [7, 11) is -1.15. The van der Waals surface area contributed by atoms with Crippen LogP contribution in [0.5, 0.6) is 11.5 Å². The predicted molar refractivity (Wildman–Crippen MR) is 146 cm³/mol. The van der Waals surface area contributed by atoms with Crippen molar-refractivity contribution in [2.45, 2.75) is 32.1 Å². The highest BCUT2D eigenvalue weighted by Gasteiger charge is 2.35. The maximum absolute atomic E-state index is 13.7. The third-order valence-corrected chi connectivity index (χ3v) is 7.70. The van der Waals surface area contributed by atoms with Gasteiger partial charge in [-0.15, -0.1) is 10.2 Å². The molecule has 4 rings (SSSR count). The molecule has 12 nitrogen and oxygen atoms in total. The Bertz CT molecular complexity index is 1520. The number of halogens is 1. The van der Waals surface area contributed by atoms with Crippen LogP contribution in [0.15, 0.2) is 49.1 Å². The molecule has 0 aliphatic heterocycles. The number of hydrogen-bond acceptors (Lipinski definition) is 10. The van der Waals surface area contributed by atoms with E-state index in [0.717, 1.165) is 5.56 Å². The summed E-state index contributed by atoms with van der Waals surface area (Å²) in [4.78, 5) is 12.6. The van der Waals surface area contributed by atoms with Crippen molar-refractivity contribution in [3.05, 3.63) is 65.5 Å². The zero-order chi connectivity index (χ0) is 28.2. The van der Waals surface area contributed by atoms with Crippen LogP contribution in [0.2, 0.25) is 5.02 Å². The van der Waals surface area contributed by atoms with Gasteiger partial charge in [0.25, 0.3) is 0 Å². The van der Waals surface area contributed by atoms with E-state index in [4.69, 9.17) is 25.8 Å². The molecule has 0 spiro atoms. The van der Waals surface area contributed by atoms with Crippen LogP contribution in [-0.2, 0) is 14.8 Å². The molecular weight excluding hydrogens is 546 g/mol. The first-order valence-electron chi connectivity index (χ1n) is 11.9. The van der Waals surface area contributed by atoms with Crippen LogP contribution in [0.3, 0.4) is 0 Å². The van der Waals surface area contributed by atoms with E-state index in [0.29, 0.717) is 33.6 Å². The number of anilines is 1. The summed E-state index contributed by atoms with van der Waals surface area (Å²) < 4.78 is 48.5. The summed E-state index contributed by atoms with van der Waals surface area (Å²) in [6, 6.07) is 7.06. The van der Waals surface area contributed by atoms with Crippen molar-refractivity contribution in [3.8, 4) is 28.6 Å². The number of aryl methyl sites for hydroxylation is 1. The molecule has 0 radical (unpaired) electrons. The minimum Gasteiger partial charge on any atom is -0.494 e. The van der Waals surface area contributed by atoms with E-state index in [-0.39, 0.29) is 18.4 Å². The lowest BCUT2D eigenvalue weighted by Gasteiger charge is -2.23. The Morgan fingerprint density at radius 1 is 1.05 bits per heavy atom. The summed E-state index contributed by atoms with van der Waals surface area (Å²) in [5.41, 5.74) is 1.89. The van der Waals surface area contributed by atoms with Gasteiger partial charge in [-0.25, -0.2) is 18.4 Å². The monoisotopic (exact) mass is 573 g/mol. The van der Waals surface area contributed by atoms with Crippen molar-refractivity contribution >= 4 is 27.6 Å². The molecule has 0 saturated heterocycles. The van der Waals surface area contributed by atoms with Gasteiger partial charge in [-0.1, -0.05) is 17.7 Å². The lowest BCUT2D eigenvalue weighted by Crippen LogP contribution is -2.34. The minimum atomic E-state index is -4.15. The van der Waals surface area contributed by atoms with Gasteiger partial charge in [-0.3, -0.25) is 14.3 Å². The quantitative estimate of drug-likeness (QED) is 0.279. The maximum Gasteiger partial charge on any atom is 0.243 e. The average molecular weight is 574 g/mol. The first-order valence-corrected chi connectivity index (χ1v) is 13.8. The Hall–Kier alpha value is -3.81. The molecule has 39 heavy (non-hydrogen) atoms. The molecule has 14 heteroatoms. The molecule has 0 aliphatic rings. The highest BCUT2D eigenvalue weighted by Crippen LogP contribution is 2.38. The smallest absolute Gasteiger partial charge is 0.243 e. The molecule has 0 amide bonds. The second-order valence-corrected chi connectivity index (χ2v) is 10.9. The Labute approximate surface area is 231 Å². The van der Waals surface area contributed by atoms with Crippen LogP contribution in [-0.4, -0.2) is 64.2 Å². The molecule has 0 fully saturated rings. The molecular formula is C25H28ClN7O5S. The molecule has 0 unspecified atom stereocenters. The van der Waals surface area contributed by atoms with Crippen LogP contribution in [0.1, 0.15) is 31.3 Å². The number of pyridine rings is 1. The van der Waals surface area contributed by atoms with Crippen LogP contribution in [0.4, 0.5) is 5.95 Å². The number of ether oxygens (including phenoxy) is 3. The predicted octanol–water partition coefficient (Wildman–Crippen LogP) is 4.01. The highest BCUT2D eigenvalue weighted by atomic mass is 35.5. The van der Waals surface area contributed by atoms with Gasteiger partial charge in [0, 0.05) is 37.0 Å². The summed E-state index contributed by atoms with van der Waals surface area (Å²) in [5.74, 6) is 1.23. The normalized spacial score (nSPS) is 13.1. The molecule has 0 bridgehead atoms. The Morgan fingerprint density at radius 3 is 2.31 bits per heavy atom. The van der Waals surface area contributed by atoms with E-state index in [1.54, 1.807) is 37.5 Å². The van der Waals surface area contributed by atoms with E-state index in [9.17, 15) is 8.42 Å².